The minimum atomic E-state index is -0.401. The Labute approximate surface area is 171 Å². The van der Waals surface area contributed by atoms with Crippen LogP contribution in [0.2, 0.25) is 5.02 Å². The first-order valence-corrected chi connectivity index (χ1v) is 9.76. The van der Waals surface area contributed by atoms with Gasteiger partial charge in [-0.25, -0.2) is 4.98 Å². The van der Waals surface area contributed by atoms with Gasteiger partial charge in [0.25, 0.3) is 11.6 Å². The second kappa shape index (κ2) is 6.70. The Hall–Kier alpha value is -3.19. The van der Waals surface area contributed by atoms with Gasteiger partial charge >= 0.3 is 0 Å². The first-order chi connectivity index (χ1) is 14.0. The van der Waals surface area contributed by atoms with E-state index in [1.165, 1.54) is 6.07 Å². The summed E-state index contributed by atoms with van der Waals surface area (Å²) in [5, 5.41) is 12.7. The van der Waals surface area contributed by atoms with Crippen molar-refractivity contribution in [1.29, 1.82) is 0 Å². The number of hydrogen-bond donors (Lipinski definition) is 0. The van der Waals surface area contributed by atoms with Crippen LogP contribution < -0.4 is 4.90 Å². The molecule has 0 spiro atoms. The van der Waals surface area contributed by atoms with Crippen molar-refractivity contribution in [3.63, 3.8) is 0 Å². The van der Waals surface area contributed by atoms with E-state index in [1.807, 2.05) is 11.0 Å². The zero-order chi connectivity index (χ0) is 20.1. The highest BCUT2D eigenvalue weighted by atomic mass is 35.5. The third-order valence-electron chi connectivity index (χ3n) is 5.82. The SMILES string of the molecule is O=C(c1ccc(Cl)cc1)N1C[C@@H]2C[C@H]1CN2c1ccc([N+](=O)[O-])c2ncccc12. The number of pyridine rings is 1. The van der Waals surface area contributed by atoms with Gasteiger partial charge < -0.3 is 9.80 Å². The van der Waals surface area contributed by atoms with Gasteiger partial charge in [0.05, 0.1) is 11.0 Å². The summed E-state index contributed by atoms with van der Waals surface area (Å²) in [7, 11) is 0. The maximum Gasteiger partial charge on any atom is 0.295 e. The molecule has 2 fully saturated rings. The molecule has 1 amide bonds. The van der Waals surface area contributed by atoms with Crippen LogP contribution in [0.15, 0.2) is 54.7 Å². The lowest BCUT2D eigenvalue weighted by Crippen LogP contribution is -2.48. The first-order valence-electron chi connectivity index (χ1n) is 9.38. The number of rotatable bonds is 3. The van der Waals surface area contributed by atoms with Crippen molar-refractivity contribution >= 4 is 39.8 Å². The molecular weight excluding hydrogens is 392 g/mol. The minimum absolute atomic E-state index is 0.00764. The van der Waals surface area contributed by atoms with Crippen LogP contribution in [0, 0.1) is 10.1 Å². The van der Waals surface area contributed by atoms with E-state index >= 15 is 0 Å². The number of nitrogens with zero attached hydrogens (tertiary/aromatic N) is 4. The van der Waals surface area contributed by atoms with Crippen LogP contribution in [-0.2, 0) is 0 Å². The fourth-order valence-electron chi connectivity index (χ4n) is 4.51. The van der Waals surface area contributed by atoms with Crippen molar-refractivity contribution in [2.75, 3.05) is 18.0 Å². The molecule has 2 aromatic carbocycles. The van der Waals surface area contributed by atoms with E-state index in [1.54, 1.807) is 42.6 Å². The number of nitro groups is 1. The molecule has 0 N–H and O–H groups in total. The van der Waals surface area contributed by atoms with Crippen LogP contribution in [0.1, 0.15) is 16.8 Å². The normalized spacial score (nSPS) is 20.4. The van der Waals surface area contributed by atoms with Crippen LogP contribution in [0.5, 0.6) is 0 Å². The highest BCUT2D eigenvalue weighted by Gasteiger charge is 2.46. The van der Waals surface area contributed by atoms with Crippen LogP contribution >= 0.6 is 11.6 Å². The van der Waals surface area contributed by atoms with Crippen LogP contribution in [0.3, 0.4) is 0 Å². The smallest absolute Gasteiger partial charge is 0.295 e. The maximum atomic E-state index is 12.9. The number of hydrogen-bond acceptors (Lipinski definition) is 5. The molecule has 5 rings (SSSR count). The predicted molar refractivity (Wildman–Crippen MR) is 110 cm³/mol. The molecule has 1 aromatic heterocycles. The summed E-state index contributed by atoms with van der Waals surface area (Å²) in [5.74, 6) is 0.0176. The number of non-ortho nitro benzene ring substituents is 1. The number of piperazine rings is 1. The van der Waals surface area contributed by atoms with E-state index in [0.29, 0.717) is 29.2 Å². The van der Waals surface area contributed by atoms with Gasteiger partial charge in [0.2, 0.25) is 0 Å². The third-order valence-corrected chi connectivity index (χ3v) is 6.08. The average molecular weight is 409 g/mol. The second-order valence-electron chi connectivity index (χ2n) is 7.42. The van der Waals surface area contributed by atoms with Gasteiger partial charge in [-0.2, -0.15) is 0 Å². The number of likely N-dealkylation sites (tertiary alicyclic amines) is 1. The lowest BCUT2D eigenvalue weighted by molar-refractivity contribution is -0.383. The van der Waals surface area contributed by atoms with Gasteiger partial charge in [0.1, 0.15) is 5.52 Å². The molecule has 29 heavy (non-hydrogen) atoms. The van der Waals surface area contributed by atoms with Gasteiger partial charge in [-0.15, -0.1) is 0 Å². The number of benzene rings is 2. The topological polar surface area (TPSA) is 79.6 Å². The monoisotopic (exact) mass is 408 g/mol. The molecule has 2 aliphatic heterocycles. The summed E-state index contributed by atoms with van der Waals surface area (Å²) in [5.41, 5.74) is 1.98. The van der Waals surface area contributed by atoms with Crippen LogP contribution in [-0.4, -0.2) is 45.9 Å². The summed E-state index contributed by atoms with van der Waals surface area (Å²) in [6.45, 7) is 1.33. The quantitative estimate of drug-likeness (QED) is 0.485. The molecule has 2 bridgehead atoms. The summed E-state index contributed by atoms with van der Waals surface area (Å²) in [6.07, 6.45) is 2.46. The Bertz CT molecular complexity index is 1130. The predicted octanol–water partition coefficient (Wildman–Crippen LogP) is 3.90. The van der Waals surface area contributed by atoms with Gasteiger partial charge in [-0.05, 0) is 48.9 Å². The lowest BCUT2D eigenvalue weighted by atomic mass is 10.1. The molecule has 2 atom stereocenters. The fourth-order valence-corrected chi connectivity index (χ4v) is 4.64. The number of carbonyl (C=O) groups excluding carboxylic acids is 1. The lowest BCUT2D eigenvalue weighted by Gasteiger charge is -2.36. The molecule has 0 unspecified atom stereocenters. The third kappa shape index (κ3) is 2.89. The minimum Gasteiger partial charge on any atom is -0.364 e. The number of carbonyl (C=O) groups is 1. The van der Waals surface area contributed by atoms with Crippen molar-refractivity contribution in [2.24, 2.45) is 0 Å². The average Bonchev–Trinajstić information content (AvgIpc) is 3.34. The van der Waals surface area contributed by atoms with Gasteiger partial charge in [-0.3, -0.25) is 14.9 Å². The molecule has 7 nitrogen and oxygen atoms in total. The van der Waals surface area contributed by atoms with E-state index in [9.17, 15) is 14.9 Å². The van der Waals surface area contributed by atoms with Crippen molar-refractivity contribution in [3.05, 3.63) is 75.4 Å². The summed E-state index contributed by atoms with van der Waals surface area (Å²) < 4.78 is 0. The Morgan fingerprint density at radius 2 is 1.90 bits per heavy atom. The molecule has 8 heteroatoms. The van der Waals surface area contributed by atoms with E-state index in [2.05, 4.69) is 9.88 Å². The summed E-state index contributed by atoms with van der Waals surface area (Å²) in [4.78, 5) is 32.3. The zero-order valence-electron chi connectivity index (χ0n) is 15.4. The van der Waals surface area contributed by atoms with Crippen molar-refractivity contribution in [2.45, 2.75) is 18.5 Å². The second-order valence-corrected chi connectivity index (χ2v) is 7.86. The number of aromatic nitrogens is 1. The fraction of sp³-hybridized carbons (Fsp3) is 0.238. The Balaban J connectivity index is 1.43. The largest absolute Gasteiger partial charge is 0.364 e. The van der Waals surface area contributed by atoms with E-state index in [4.69, 9.17) is 11.6 Å². The van der Waals surface area contributed by atoms with Crippen molar-refractivity contribution < 1.29 is 9.72 Å². The number of halogens is 1. The van der Waals surface area contributed by atoms with Gasteiger partial charge in [0.15, 0.2) is 0 Å². The molecule has 0 aliphatic carbocycles. The molecule has 2 saturated heterocycles. The molecule has 3 aromatic rings. The zero-order valence-corrected chi connectivity index (χ0v) is 16.1. The van der Waals surface area contributed by atoms with Crippen LogP contribution in [0.25, 0.3) is 10.9 Å². The number of anilines is 1. The molecular formula is C21H17ClN4O3. The molecule has 0 radical (unpaired) electrons. The number of nitro benzene ring substituents is 1. The van der Waals surface area contributed by atoms with Gasteiger partial charge in [-0.1, -0.05) is 11.6 Å². The first kappa shape index (κ1) is 17.9. The molecule has 146 valence electrons. The van der Waals surface area contributed by atoms with Crippen molar-refractivity contribution in [1.82, 2.24) is 9.88 Å². The van der Waals surface area contributed by atoms with Crippen LogP contribution in [0.4, 0.5) is 11.4 Å². The van der Waals surface area contributed by atoms with E-state index < -0.39 is 4.92 Å². The summed E-state index contributed by atoms with van der Waals surface area (Å²) >= 11 is 5.93. The molecule has 2 aliphatic rings. The number of amides is 1. The van der Waals surface area contributed by atoms with E-state index in [0.717, 1.165) is 17.5 Å². The van der Waals surface area contributed by atoms with Crippen molar-refractivity contribution in [3.8, 4) is 0 Å². The molecule has 3 heterocycles. The summed E-state index contributed by atoms with van der Waals surface area (Å²) in [6, 6.07) is 14.2. The molecule has 0 saturated carbocycles. The van der Waals surface area contributed by atoms with E-state index in [-0.39, 0.29) is 23.7 Å². The standard InChI is InChI=1S/C21H17ClN4O3/c22-14-5-3-13(4-6-14)21(27)25-12-15-10-16(25)11-24(15)18-7-8-19(26(28)29)20-17(18)2-1-9-23-20/h1-9,15-16H,10-12H2/t15-,16-/m0/s1. The van der Waals surface area contributed by atoms with Gasteiger partial charge in [0, 0.05) is 53.1 Å². The Morgan fingerprint density at radius 3 is 2.59 bits per heavy atom. The Kier molecular flexibility index (Phi) is 4.13. The highest BCUT2D eigenvalue weighted by Crippen LogP contribution is 2.40. The Morgan fingerprint density at radius 1 is 1.10 bits per heavy atom. The highest BCUT2D eigenvalue weighted by molar-refractivity contribution is 6.30. The maximum absolute atomic E-state index is 12.9. The number of fused-ring (bicyclic) bond motifs is 3.